The minimum Gasteiger partial charge on any atom is -0.396 e. The summed E-state index contributed by atoms with van der Waals surface area (Å²) in [4.78, 5) is 0. The fraction of sp³-hybridized carbons (Fsp3) is 0.800. The predicted octanol–water partition coefficient (Wildman–Crippen LogP) is 1.97. The van der Waals surface area contributed by atoms with Gasteiger partial charge in [-0.05, 0) is 43.4 Å². The van der Waals surface area contributed by atoms with Crippen molar-refractivity contribution in [2.24, 2.45) is 17.8 Å². The first-order valence-electron chi connectivity index (χ1n) is 4.66. The molecule has 0 spiro atoms. The Morgan fingerprint density at radius 2 is 1.64 bits per heavy atom. The van der Waals surface area contributed by atoms with Crippen LogP contribution in [0.2, 0.25) is 0 Å². The monoisotopic (exact) mass is 152 g/mol. The number of allylic oxidation sites excluding steroid dienone is 2. The highest BCUT2D eigenvalue weighted by Gasteiger charge is 2.33. The van der Waals surface area contributed by atoms with E-state index in [1.807, 2.05) is 0 Å². The van der Waals surface area contributed by atoms with Crippen LogP contribution in [0.25, 0.3) is 0 Å². The van der Waals surface area contributed by atoms with E-state index in [4.69, 9.17) is 5.11 Å². The Morgan fingerprint density at radius 3 is 2.09 bits per heavy atom. The molecular formula is C10H16O. The average molecular weight is 152 g/mol. The molecule has 0 aromatic heterocycles. The highest BCUT2D eigenvalue weighted by molar-refractivity contribution is 4.98. The van der Waals surface area contributed by atoms with Crippen LogP contribution in [-0.4, -0.2) is 11.7 Å². The van der Waals surface area contributed by atoms with Gasteiger partial charge in [0.05, 0.1) is 0 Å². The summed E-state index contributed by atoms with van der Waals surface area (Å²) in [5.74, 6) is 2.42. The van der Waals surface area contributed by atoms with E-state index in [1.54, 1.807) is 0 Å². The van der Waals surface area contributed by atoms with Crippen molar-refractivity contribution in [1.29, 1.82) is 0 Å². The summed E-state index contributed by atoms with van der Waals surface area (Å²) < 4.78 is 0. The van der Waals surface area contributed by atoms with Gasteiger partial charge in [-0.2, -0.15) is 0 Å². The number of hydrogen-bond donors (Lipinski definition) is 1. The Bertz CT molecular complexity index is 146. The number of aliphatic hydroxyl groups excluding tert-OH is 1. The maximum atomic E-state index is 8.99. The molecule has 1 N–H and O–H groups in total. The van der Waals surface area contributed by atoms with Crippen LogP contribution in [0.1, 0.15) is 25.7 Å². The topological polar surface area (TPSA) is 20.2 Å². The zero-order valence-corrected chi connectivity index (χ0v) is 6.87. The van der Waals surface area contributed by atoms with Crippen LogP contribution in [0.3, 0.4) is 0 Å². The molecule has 2 unspecified atom stereocenters. The third-order valence-electron chi connectivity index (χ3n) is 3.24. The van der Waals surface area contributed by atoms with Gasteiger partial charge < -0.3 is 5.11 Å². The minimum atomic E-state index is 0.410. The van der Waals surface area contributed by atoms with Crippen molar-refractivity contribution in [3.05, 3.63) is 12.2 Å². The van der Waals surface area contributed by atoms with E-state index in [0.29, 0.717) is 12.5 Å². The maximum absolute atomic E-state index is 8.99. The van der Waals surface area contributed by atoms with Gasteiger partial charge in [0, 0.05) is 6.61 Å². The summed E-state index contributed by atoms with van der Waals surface area (Å²) in [5, 5.41) is 8.99. The fourth-order valence-electron chi connectivity index (χ4n) is 2.61. The lowest BCUT2D eigenvalue weighted by molar-refractivity contribution is 0.225. The fourth-order valence-corrected chi connectivity index (χ4v) is 2.61. The van der Waals surface area contributed by atoms with Crippen molar-refractivity contribution in [3.63, 3.8) is 0 Å². The number of aliphatic hydroxyl groups is 1. The van der Waals surface area contributed by atoms with Gasteiger partial charge in [-0.1, -0.05) is 12.2 Å². The molecule has 0 bridgehead atoms. The normalized spacial score (nSPS) is 42.5. The van der Waals surface area contributed by atoms with Crippen molar-refractivity contribution >= 4 is 0 Å². The second-order valence-corrected chi connectivity index (χ2v) is 3.98. The second kappa shape index (κ2) is 2.98. The van der Waals surface area contributed by atoms with E-state index in [-0.39, 0.29) is 0 Å². The zero-order valence-electron chi connectivity index (χ0n) is 6.87. The van der Waals surface area contributed by atoms with Crippen LogP contribution < -0.4 is 0 Å². The lowest BCUT2D eigenvalue weighted by Crippen LogP contribution is -2.08. The lowest BCUT2D eigenvalue weighted by Gasteiger charge is -2.19. The molecule has 1 fully saturated rings. The van der Waals surface area contributed by atoms with Crippen molar-refractivity contribution in [2.45, 2.75) is 25.7 Å². The van der Waals surface area contributed by atoms with E-state index >= 15 is 0 Å². The lowest BCUT2D eigenvalue weighted by atomic mass is 9.86. The van der Waals surface area contributed by atoms with Gasteiger partial charge in [-0.15, -0.1) is 0 Å². The molecule has 1 nitrogen and oxygen atoms in total. The first-order chi connectivity index (χ1) is 5.40. The molecule has 1 heteroatoms. The van der Waals surface area contributed by atoms with Gasteiger partial charge in [0.2, 0.25) is 0 Å². The molecule has 1 saturated carbocycles. The van der Waals surface area contributed by atoms with Crippen LogP contribution in [-0.2, 0) is 0 Å². The standard InChI is InChI=1S/C10H16O/c11-7-8-5-9-3-1-2-4-10(9)6-8/h1-2,8-11H,3-7H2. The molecule has 62 valence electrons. The SMILES string of the molecule is OCC1CC2CC=CCC2C1. The van der Waals surface area contributed by atoms with Crippen LogP contribution in [0, 0.1) is 17.8 Å². The number of rotatable bonds is 1. The van der Waals surface area contributed by atoms with Gasteiger partial charge in [-0.3, -0.25) is 0 Å². The summed E-state index contributed by atoms with van der Waals surface area (Å²) in [6, 6.07) is 0. The van der Waals surface area contributed by atoms with E-state index in [1.165, 1.54) is 25.7 Å². The van der Waals surface area contributed by atoms with Gasteiger partial charge in [-0.25, -0.2) is 0 Å². The average Bonchev–Trinajstić information content (AvgIpc) is 2.46. The van der Waals surface area contributed by atoms with Crippen molar-refractivity contribution in [1.82, 2.24) is 0 Å². The minimum absolute atomic E-state index is 0.410. The summed E-state index contributed by atoms with van der Waals surface area (Å²) in [5.41, 5.74) is 0. The van der Waals surface area contributed by atoms with Gasteiger partial charge in [0.25, 0.3) is 0 Å². The molecular weight excluding hydrogens is 136 g/mol. The van der Waals surface area contributed by atoms with Gasteiger partial charge in [0.1, 0.15) is 0 Å². The molecule has 0 radical (unpaired) electrons. The largest absolute Gasteiger partial charge is 0.396 e. The Hall–Kier alpha value is -0.300. The van der Waals surface area contributed by atoms with Crippen LogP contribution in [0.4, 0.5) is 0 Å². The molecule has 0 aromatic carbocycles. The number of fused-ring (bicyclic) bond motifs is 1. The zero-order chi connectivity index (χ0) is 7.68. The molecule has 11 heavy (non-hydrogen) atoms. The maximum Gasteiger partial charge on any atom is 0.0459 e. The Labute approximate surface area is 68.1 Å². The Kier molecular flexibility index (Phi) is 1.99. The van der Waals surface area contributed by atoms with Crippen LogP contribution in [0.15, 0.2) is 12.2 Å². The van der Waals surface area contributed by atoms with Crippen LogP contribution in [0.5, 0.6) is 0 Å². The first kappa shape index (κ1) is 7.35. The smallest absolute Gasteiger partial charge is 0.0459 e. The highest BCUT2D eigenvalue weighted by atomic mass is 16.3. The molecule has 0 heterocycles. The van der Waals surface area contributed by atoms with Gasteiger partial charge >= 0.3 is 0 Å². The summed E-state index contributed by atoms with van der Waals surface area (Å²) in [7, 11) is 0. The summed E-state index contributed by atoms with van der Waals surface area (Å²) in [6.07, 6.45) is 9.68. The second-order valence-electron chi connectivity index (χ2n) is 3.98. The van der Waals surface area contributed by atoms with Gasteiger partial charge in [0.15, 0.2) is 0 Å². The Balaban J connectivity index is 1.98. The Morgan fingerprint density at radius 1 is 1.09 bits per heavy atom. The molecule has 0 amide bonds. The van der Waals surface area contributed by atoms with Crippen molar-refractivity contribution in [2.75, 3.05) is 6.61 Å². The predicted molar refractivity (Wildman–Crippen MR) is 45.2 cm³/mol. The molecule has 0 aliphatic heterocycles. The molecule has 2 aliphatic carbocycles. The van der Waals surface area contributed by atoms with Crippen molar-refractivity contribution < 1.29 is 5.11 Å². The van der Waals surface area contributed by atoms with E-state index in [9.17, 15) is 0 Å². The third-order valence-corrected chi connectivity index (χ3v) is 3.24. The van der Waals surface area contributed by atoms with Crippen molar-refractivity contribution in [3.8, 4) is 0 Å². The molecule has 2 atom stereocenters. The van der Waals surface area contributed by atoms with E-state index in [0.717, 1.165) is 11.8 Å². The molecule has 2 aliphatic rings. The highest BCUT2D eigenvalue weighted by Crippen LogP contribution is 2.42. The number of hydrogen-bond acceptors (Lipinski definition) is 1. The quantitative estimate of drug-likeness (QED) is 0.569. The van der Waals surface area contributed by atoms with Crippen LogP contribution >= 0.6 is 0 Å². The summed E-state index contributed by atoms with van der Waals surface area (Å²) >= 11 is 0. The van der Waals surface area contributed by atoms with E-state index < -0.39 is 0 Å². The third kappa shape index (κ3) is 1.34. The molecule has 0 aromatic rings. The first-order valence-corrected chi connectivity index (χ1v) is 4.66. The van der Waals surface area contributed by atoms with E-state index in [2.05, 4.69) is 12.2 Å². The molecule has 0 saturated heterocycles. The molecule has 2 rings (SSSR count). The summed E-state index contributed by atoms with van der Waals surface area (Å²) in [6.45, 7) is 0.410.